The molecule has 9 heteroatoms. The first kappa shape index (κ1) is 26.0. The molecule has 1 saturated carbocycles. The molecule has 194 valence electrons. The van der Waals surface area contributed by atoms with E-state index in [1.165, 1.54) is 11.9 Å². The molecule has 9 nitrogen and oxygen atoms in total. The Morgan fingerprint density at radius 3 is 2.53 bits per heavy atom. The third-order valence-electron chi connectivity index (χ3n) is 7.91. The fourth-order valence-electron chi connectivity index (χ4n) is 5.85. The van der Waals surface area contributed by atoms with E-state index in [1.807, 2.05) is 4.90 Å². The number of nitrogens with zero attached hydrogens (tertiary/aromatic N) is 5. The summed E-state index contributed by atoms with van der Waals surface area (Å²) in [7, 11) is 5.98. The molecule has 1 N–H and O–H groups in total. The van der Waals surface area contributed by atoms with Crippen LogP contribution in [0.3, 0.4) is 0 Å². The molecule has 1 aromatic carbocycles. The molecule has 2 aromatic rings. The molecule has 1 aromatic heterocycles. The summed E-state index contributed by atoms with van der Waals surface area (Å²) in [5.41, 5.74) is 1.72. The number of ether oxygens (including phenoxy) is 1. The van der Waals surface area contributed by atoms with Crippen LogP contribution in [0, 0.1) is 0 Å². The molecule has 3 amide bonds. The topological polar surface area (TPSA) is 90.9 Å². The first-order valence-electron chi connectivity index (χ1n) is 12.7. The van der Waals surface area contributed by atoms with Gasteiger partial charge in [-0.05, 0) is 57.8 Å². The van der Waals surface area contributed by atoms with Crippen molar-refractivity contribution < 1.29 is 14.3 Å². The number of methoxy groups -OCH3 is 1. The lowest BCUT2D eigenvalue weighted by Crippen LogP contribution is -2.55. The number of rotatable bonds is 10. The fourth-order valence-corrected chi connectivity index (χ4v) is 5.85. The average Bonchev–Trinajstić information content (AvgIpc) is 3.14. The van der Waals surface area contributed by atoms with Crippen LogP contribution in [0.1, 0.15) is 43.4 Å². The van der Waals surface area contributed by atoms with Crippen LogP contribution in [-0.4, -0.2) is 89.6 Å². The Balaban J connectivity index is 1.47. The van der Waals surface area contributed by atoms with Gasteiger partial charge in [0, 0.05) is 38.5 Å². The van der Waals surface area contributed by atoms with Gasteiger partial charge in [0.2, 0.25) is 5.91 Å². The standard InChI is InChI=1S/C27H38N6O3/c1-31(2)27(22-8-5-4-6-9-22)13-11-26(12-14-27)20-32(25(35)33(26)16-7-17-36-3)19-24(34)29-18-23-10-15-28-21-30-23/h4-6,8-10,15,21H,7,11-14,16-20H2,1-3H3,(H,29,34)/t26-,27-. The van der Waals surface area contributed by atoms with Gasteiger partial charge in [0.05, 0.1) is 17.8 Å². The van der Waals surface area contributed by atoms with Gasteiger partial charge in [-0.25, -0.2) is 14.8 Å². The van der Waals surface area contributed by atoms with Crippen LogP contribution in [-0.2, 0) is 21.6 Å². The smallest absolute Gasteiger partial charge is 0.321 e. The maximum absolute atomic E-state index is 13.5. The molecule has 0 bridgehead atoms. The number of hydrogen-bond acceptors (Lipinski definition) is 6. The van der Waals surface area contributed by atoms with Crippen LogP contribution in [0.4, 0.5) is 4.79 Å². The van der Waals surface area contributed by atoms with Crippen molar-refractivity contribution in [3.8, 4) is 0 Å². The van der Waals surface area contributed by atoms with Crippen molar-refractivity contribution in [2.45, 2.75) is 49.7 Å². The Kier molecular flexibility index (Phi) is 8.21. The van der Waals surface area contributed by atoms with Gasteiger partial charge in [-0.3, -0.25) is 9.69 Å². The summed E-state index contributed by atoms with van der Waals surface area (Å²) in [5, 5.41) is 2.89. The number of urea groups is 1. The molecule has 4 rings (SSSR count). The van der Waals surface area contributed by atoms with Gasteiger partial charge in [-0.2, -0.15) is 0 Å². The quantitative estimate of drug-likeness (QED) is 0.511. The molecule has 1 saturated heterocycles. The summed E-state index contributed by atoms with van der Waals surface area (Å²) in [6, 6.07) is 12.4. The molecular weight excluding hydrogens is 456 g/mol. The molecule has 0 radical (unpaired) electrons. The summed E-state index contributed by atoms with van der Waals surface area (Å²) in [4.78, 5) is 40.4. The number of amides is 3. The average molecular weight is 495 g/mol. The Morgan fingerprint density at radius 1 is 1.14 bits per heavy atom. The second-order valence-electron chi connectivity index (χ2n) is 10.1. The molecule has 2 fully saturated rings. The zero-order chi connectivity index (χ0) is 25.6. The van der Waals surface area contributed by atoms with Gasteiger partial charge in [-0.15, -0.1) is 0 Å². The number of carbonyl (C=O) groups is 2. The molecule has 2 aliphatic rings. The van der Waals surface area contributed by atoms with Crippen LogP contribution in [0.2, 0.25) is 0 Å². The molecular formula is C27H38N6O3. The van der Waals surface area contributed by atoms with E-state index in [0.717, 1.165) is 37.8 Å². The van der Waals surface area contributed by atoms with Gasteiger partial charge < -0.3 is 19.9 Å². The Bertz CT molecular complexity index is 1010. The number of benzene rings is 1. The van der Waals surface area contributed by atoms with Crippen molar-refractivity contribution in [3.05, 3.63) is 60.2 Å². The molecule has 36 heavy (non-hydrogen) atoms. The second kappa shape index (κ2) is 11.3. The number of hydrogen-bond donors (Lipinski definition) is 1. The van der Waals surface area contributed by atoms with E-state index in [9.17, 15) is 9.59 Å². The maximum Gasteiger partial charge on any atom is 0.321 e. The monoisotopic (exact) mass is 494 g/mol. The minimum atomic E-state index is -0.272. The highest BCUT2D eigenvalue weighted by Gasteiger charge is 2.54. The predicted molar refractivity (Wildman–Crippen MR) is 137 cm³/mol. The number of aromatic nitrogens is 2. The van der Waals surface area contributed by atoms with E-state index >= 15 is 0 Å². The summed E-state index contributed by atoms with van der Waals surface area (Å²) < 4.78 is 5.27. The van der Waals surface area contributed by atoms with E-state index in [4.69, 9.17) is 4.74 Å². The van der Waals surface area contributed by atoms with Gasteiger partial charge in [0.25, 0.3) is 0 Å². The highest BCUT2D eigenvalue weighted by molar-refractivity contribution is 5.86. The largest absolute Gasteiger partial charge is 0.385 e. The fraction of sp³-hybridized carbons (Fsp3) is 0.556. The van der Waals surface area contributed by atoms with Crippen LogP contribution in [0.25, 0.3) is 0 Å². The van der Waals surface area contributed by atoms with Crippen molar-refractivity contribution in [2.24, 2.45) is 0 Å². The Labute approximate surface area is 213 Å². The summed E-state index contributed by atoms with van der Waals surface area (Å²) in [5.74, 6) is -0.182. The first-order chi connectivity index (χ1) is 17.4. The third-order valence-corrected chi connectivity index (χ3v) is 7.91. The molecule has 0 atom stereocenters. The van der Waals surface area contributed by atoms with E-state index in [1.54, 1.807) is 24.3 Å². The lowest BCUT2D eigenvalue weighted by Gasteiger charge is -2.51. The van der Waals surface area contributed by atoms with E-state index < -0.39 is 0 Å². The number of nitrogens with one attached hydrogen (secondary N) is 1. The zero-order valence-corrected chi connectivity index (χ0v) is 21.7. The molecule has 2 heterocycles. The molecule has 1 aliphatic heterocycles. The lowest BCUT2D eigenvalue weighted by atomic mass is 9.68. The van der Waals surface area contributed by atoms with E-state index in [2.05, 4.69) is 64.6 Å². The van der Waals surface area contributed by atoms with E-state index in [-0.39, 0.29) is 29.6 Å². The van der Waals surface area contributed by atoms with Crippen LogP contribution < -0.4 is 5.32 Å². The van der Waals surface area contributed by atoms with Gasteiger partial charge >= 0.3 is 6.03 Å². The first-order valence-corrected chi connectivity index (χ1v) is 12.7. The Morgan fingerprint density at radius 2 is 1.89 bits per heavy atom. The van der Waals surface area contributed by atoms with E-state index in [0.29, 0.717) is 26.2 Å². The maximum atomic E-state index is 13.5. The van der Waals surface area contributed by atoms with Crippen molar-refractivity contribution in [3.63, 3.8) is 0 Å². The van der Waals surface area contributed by atoms with Gasteiger partial charge in [0.15, 0.2) is 0 Å². The van der Waals surface area contributed by atoms with Crippen molar-refractivity contribution in [1.82, 2.24) is 30.0 Å². The minimum Gasteiger partial charge on any atom is -0.385 e. The van der Waals surface area contributed by atoms with Crippen molar-refractivity contribution in [1.29, 1.82) is 0 Å². The highest BCUT2D eigenvalue weighted by Crippen LogP contribution is 2.48. The minimum absolute atomic E-state index is 0.0456. The predicted octanol–water partition coefficient (Wildman–Crippen LogP) is 2.64. The molecule has 0 unspecified atom stereocenters. The summed E-state index contributed by atoms with van der Waals surface area (Å²) in [6.45, 7) is 2.16. The number of carbonyl (C=O) groups excluding carboxylic acids is 2. The van der Waals surface area contributed by atoms with Crippen molar-refractivity contribution >= 4 is 11.9 Å². The Hall–Kier alpha value is -3.04. The van der Waals surface area contributed by atoms with Crippen LogP contribution >= 0.6 is 0 Å². The SMILES string of the molecule is COCCCN1C(=O)N(CC(=O)NCc2ccncn2)C[C@]12CC[C@@](c1ccccc1)(N(C)C)CC2. The summed E-state index contributed by atoms with van der Waals surface area (Å²) in [6.07, 6.45) is 7.55. The molecule has 1 aliphatic carbocycles. The van der Waals surface area contributed by atoms with Crippen LogP contribution in [0.5, 0.6) is 0 Å². The summed E-state index contributed by atoms with van der Waals surface area (Å²) >= 11 is 0. The molecule has 1 spiro atoms. The third kappa shape index (κ3) is 5.37. The van der Waals surface area contributed by atoms with Crippen LogP contribution in [0.15, 0.2) is 48.9 Å². The highest BCUT2D eigenvalue weighted by atomic mass is 16.5. The second-order valence-corrected chi connectivity index (χ2v) is 10.1. The zero-order valence-electron chi connectivity index (χ0n) is 21.7. The lowest BCUT2D eigenvalue weighted by molar-refractivity contribution is -0.121. The normalized spacial score (nSPS) is 24.1. The van der Waals surface area contributed by atoms with Gasteiger partial charge in [-0.1, -0.05) is 30.3 Å². The van der Waals surface area contributed by atoms with Crippen molar-refractivity contribution in [2.75, 3.05) is 47.4 Å². The van der Waals surface area contributed by atoms with Gasteiger partial charge in [0.1, 0.15) is 12.9 Å².